The van der Waals surface area contributed by atoms with Gasteiger partial charge >= 0.3 is 0 Å². The van der Waals surface area contributed by atoms with Crippen molar-refractivity contribution in [2.24, 2.45) is 0 Å². The van der Waals surface area contributed by atoms with Crippen LogP contribution in [0.2, 0.25) is 0 Å². The predicted octanol–water partition coefficient (Wildman–Crippen LogP) is 5.11. The molecule has 2 aromatic heterocycles. The Morgan fingerprint density at radius 1 is 0.886 bits per heavy atom. The Morgan fingerprint density at radius 3 is 2.37 bits per heavy atom. The quantitative estimate of drug-likeness (QED) is 0.392. The molecule has 1 aliphatic carbocycles. The van der Waals surface area contributed by atoms with Crippen molar-refractivity contribution in [1.29, 1.82) is 0 Å². The SMILES string of the molecule is CC(=O)c1ccc(N2CCN(c3c4c(nc5cc(-c6cccc(C)c6)nn35)CCCC4)CC2)cc1. The largest absolute Gasteiger partial charge is 0.368 e. The highest BCUT2D eigenvalue weighted by molar-refractivity contribution is 5.94. The summed E-state index contributed by atoms with van der Waals surface area (Å²) in [5.41, 5.74) is 8.86. The Kier molecular flexibility index (Phi) is 5.51. The molecule has 0 spiro atoms. The van der Waals surface area contributed by atoms with Gasteiger partial charge in [0.05, 0.1) is 5.69 Å². The van der Waals surface area contributed by atoms with Gasteiger partial charge in [-0.3, -0.25) is 4.79 Å². The predicted molar refractivity (Wildman–Crippen MR) is 141 cm³/mol. The molecule has 2 aliphatic rings. The minimum Gasteiger partial charge on any atom is -0.368 e. The number of nitrogens with zero attached hydrogens (tertiary/aromatic N) is 5. The van der Waals surface area contributed by atoms with Crippen LogP contribution < -0.4 is 9.80 Å². The first-order chi connectivity index (χ1) is 17.1. The van der Waals surface area contributed by atoms with E-state index in [2.05, 4.69) is 63.7 Å². The highest BCUT2D eigenvalue weighted by Crippen LogP contribution is 2.33. The average Bonchev–Trinajstić information content (AvgIpc) is 3.31. The van der Waals surface area contributed by atoms with Crippen LogP contribution in [0.1, 0.15) is 46.9 Å². The summed E-state index contributed by atoms with van der Waals surface area (Å²) in [6, 6.07) is 18.7. The van der Waals surface area contributed by atoms with Gasteiger partial charge in [0, 0.05) is 60.3 Å². The van der Waals surface area contributed by atoms with Crippen LogP contribution in [0.25, 0.3) is 16.9 Å². The number of rotatable bonds is 4. The lowest BCUT2D eigenvalue weighted by molar-refractivity contribution is 0.101. The van der Waals surface area contributed by atoms with Crippen molar-refractivity contribution in [1.82, 2.24) is 14.6 Å². The van der Waals surface area contributed by atoms with Gasteiger partial charge in [-0.25, -0.2) is 4.98 Å². The van der Waals surface area contributed by atoms with E-state index in [9.17, 15) is 4.79 Å². The number of benzene rings is 2. The lowest BCUT2D eigenvalue weighted by Gasteiger charge is -2.38. The van der Waals surface area contributed by atoms with Crippen molar-refractivity contribution in [3.05, 3.63) is 77.0 Å². The van der Waals surface area contributed by atoms with Crippen LogP contribution in [0.4, 0.5) is 11.5 Å². The highest BCUT2D eigenvalue weighted by atomic mass is 16.1. The Hall–Kier alpha value is -3.67. The fourth-order valence-corrected chi connectivity index (χ4v) is 5.48. The number of anilines is 2. The van der Waals surface area contributed by atoms with Crippen LogP contribution in [0.5, 0.6) is 0 Å². The number of hydrogen-bond donors (Lipinski definition) is 0. The molecule has 0 saturated carbocycles. The topological polar surface area (TPSA) is 53.7 Å². The van der Waals surface area contributed by atoms with Gasteiger partial charge in [-0.2, -0.15) is 9.61 Å². The molecular weight excluding hydrogens is 434 g/mol. The Balaban J connectivity index is 1.33. The van der Waals surface area contributed by atoms with Crippen LogP contribution in [-0.2, 0) is 12.8 Å². The van der Waals surface area contributed by atoms with Crippen molar-refractivity contribution in [3.63, 3.8) is 0 Å². The molecule has 3 heterocycles. The summed E-state index contributed by atoms with van der Waals surface area (Å²) in [7, 11) is 0. The summed E-state index contributed by atoms with van der Waals surface area (Å²) in [5, 5.41) is 5.08. The lowest BCUT2D eigenvalue weighted by Crippen LogP contribution is -2.47. The second kappa shape index (κ2) is 8.84. The molecule has 6 nitrogen and oxygen atoms in total. The fourth-order valence-electron chi connectivity index (χ4n) is 5.48. The second-order valence-electron chi connectivity index (χ2n) is 9.81. The van der Waals surface area contributed by atoms with Gasteiger partial charge in [-0.15, -0.1) is 0 Å². The van der Waals surface area contributed by atoms with E-state index >= 15 is 0 Å². The molecule has 35 heavy (non-hydrogen) atoms. The summed E-state index contributed by atoms with van der Waals surface area (Å²) < 4.78 is 2.10. The fraction of sp³-hybridized carbons (Fsp3) is 0.345. The molecule has 1 saturated heterocycles. The molecular formula is C29H31N5O. The summed E-state index contributed by atoms with van der Waals surface area (Å²) in [6.07, 6.45) is 4.53. The van der Waals surface area contributed by atoms with Crippen LogP contribution in [0.15, 0.2) is 54.6 Å². The van der Waals surface area contributed by atoms with E-state index in [1.807, 2.05) is 12.1 Å². The number of carbonyl (C=O) groups excluding carboxylic acids is 1. The van der Waals surface area contributed by atoms with Gasteiger partial charge in [-0.1, -0.05) is 23.8 Å². The van der Waals surface area contributed by atoms with E-state index in [0.717, 1.165) is 61.5 Å². The van der Waals surface area contributed by atoms with Crippen LogP contribution in [0, 0.1) is 6.92 Å². The van der Waals surface area contributed by atoms with Crippen molar-refractivity contribution in [3.8, 4) is 11.3 Å². The van der Waals surface area contributed by atoms with Gasteiger partial charge in [0.2, 0.25) is 0 Å². The van der Waals surface area contributed by atoms with Crippen molar-refractivity contribution >= 4 is 22.9 Å². The van der Waals surface area contributed by atoms with E-state index in [-0.39, 0.29) is 5.78 Å². The molecule has 0 atom stereocenters. The molecule has 1 fully saturated rings. The molecule has 0 amide bonds. The summed E-state index contributed by atoms with van der Waals surface area (Å²) in [5.74, 6) is 1.34. The number of piperazine rings is 1. The number of ketones is 1. The van der Waals surface area contributed by atoms with E-state index in [4.69, 9.17) is 10.1 Å². The summed E-state index contributed by atoms with van der Waals surface area (Å²) in [6.45, 7) is 7.46. The average molecular weight is 466 g/mol. The van der Waals surface area contributed by atoms with Crippen molar-refractivity contribution < 1.29 is 4.79 Å². The Morgan fingerprint density at radius 2 is 1.63 bits per heavy atom. The number of aryl methyl sites for hydroxylation is 2. The van der Waals surface area contributed by atoms with E-state index in [1.54, 1.807) is 6.92 Å². The first kappa shape index (κ1) is 21.8. The zero-order valence-corrected chi connectivity index (χ0v) is 20.5. The maximum absolute atomic E-state index is 11.6. The molecule has 0 radical (unpaired) electrons. The molecule has 4 aromatic rings. The standard InChI is InChI=1S/C29H31N5O/c1-20-6-5-7-23(18-20)27-19-28-30-26-9-4-3-8-25(26)29(34(28)31-27)33-16-14-32(15-17-33)24-12-10-22(11-13-24)21(2)35/h5-7,10-13,18-19H,3-4,8-9,14-17H2,1-2H3. The zero-order chi connectivity index (χ0) is 23.9. The Labute approximate surface area is 206 Å². The molecule has 178 valence electrons. The van der Waals surface area contributed by atoms with E-state index in [0.29, 0.717) is 0 Å². The summed E-state index contributed by atoms with van der Waals surface area (Å²) in [4.78, 5) is 21.6. The highest BCUT2D eigenvalue weighted by Gasteiger charge is 2.27. The molecule has 0 bridgehead atoms. The first-order valence-corrected chi connectivity index (χ1v) is 12.7. The Bertz CT molecular complexity index is 1400. The van der Waals surface area contributed by atoms with Crippen molar-refractivity contribution in [2.45, 2.75) is 39.5 Å². The second-order valence-corrected chi connectivity index (χ2v) is 9.81. The maximum Gasteiger partial charge on any atom is 0.159 e. The first-order valence-electron chi connectivity index (χ1n) is 12.7. The minimum atomic E-state index is 0.108. The van der Waals surface area contributed by atoms with Crippen LogP contribution in [-0.4, -0.2) is 46.6 Å². The number of fused-ring (bicyclic) bond motifs is 2. The zero-order valence-electron chi connectivity index (χ0n) is 20.5. The van der Waals surface area contributed by atoms with Crippen LogP contribution in [0.3, 0.4) is 0 Å². The third-order valence-corrected chi connectivity index (χ3v) is 7.38. The van der Waals surface area contributed by atoms with E-state index in [1.165, 1.54) is 41.2 Å². The normalized spacial score (nSPS) is 15.9. The van der Waals surface area contributed by atoms with Gasteiger partial charge in [-0.05, 0) is 69.9 Å². The monoisotopic (exact) mass is 465 g/mol. The number of aromatic nitrogens is 3. The number of Topliss-reactive ketones (excluding diaryl/α,β-unsaturated/α-hetero) is 1. The number of carbonyl (C=O) groups is 1. The summed E-state index contributed by atoms with van der Waals surface area (Å²) >= 11 is 0. The smallest absolute Gasteiger partial charge is 0.159 e. The third kappa shape index (κ3) is 4.07. The van der Waals surface area contributed by atoms with Gasteiger partial charge in [0.25, 0.3) is 0 Å². The molecule has 0 N–H and O–H groups in total. The molecule has 1 aliphatic heterocycles. The lowest BCUT2D eigenvalue weighted by atomic mass is 9.96. The maximum atomic E-state index is 11.6. The molecule has 6 heteroatoms. The molecule has 0 unspecified atom stereocenters. The minimum absolute atomic E-state index is 0.108. The van der Waals surface area contributed by atoms with E-state index < -0.39 is 0 Å². The third-order valence-electron chi connectivity index (χ3n) is 7.38. The van der Waals surface area contributed by atoms with Crippen LogP contribution >= 0.6 is 0 Å². The van der Waals surface area contributed by atoms with Gasteiger partial charge in [0.1, 0.15) is 5.82 Å². The van der Waals surface area contributed by atoms with Gasteiger partial charge in [0.15, 0.2) is 11.4 Å². The molecule has 6 rings (SSSR count). The molecule has 2 aromatic carbocycles. The van der Waals surface area contributed by atoms with Crippen molar-refractivity contribution in [2.75, 3.05) is 36.0 Å². The number of hydrogen-bond acceptors (Lipinski definition) is 5. The van der Waals surface area contributed by atoms with Gasteiger partial charge < -0.3 is 9.80 Å².